The van der Waals surface area contributed by atoms with Crippen molar-refractivity contribution in [3.05, 3.63) is 52.6 Å². The van der Waals surface area contributed by atoms with Crippen molar-refractivity contribution in [3.63, 3.8) is 0 Å². The normalized spacial score (nSPS) is 9.89. The van der Waals surface area contributed by atoms with Gasteiger partial charge in [0.15, 0.2) is 0 Å². The van der Waals surface area contributed by atoms with Crippen molar-refractivity contribution in [3.8, 4) is 0 Å². The summed E-state index contributed by atoms with van der Waals surface area (Å²) in [5, 5.41) is 5.85. The Labute approximate surface area is 114 Å². The number of pyridine rings is 1. The van der Waals surface area contributed by atoms with E-state index in [4.69, 9.17) is 23.2 Å². The Kier molecular flexibility index (Phi) is 4.02. The summed E-state index contributed by atoms with van der Waals surface area (Å²) in [5.41, 5.74) is 0.442. The number of benzene rings is 1. The molecular formula is C12H9Cl2N3O. The standard InChI is InChI=1S/C12H9Cl2N3O/c13-8-4-3-5-9(11(8)14)16-12(18)17-10-6-1-2-7-15-10/h1-7H,(H2,15,16,17,18). The minimum absolute atomic E-state index is 0.301. The molecule has 0 aliphatic heterocycles. The van der Waals surface area contributed by atoms with E-state index in [0.717, 1.165) is 0 Å². The fourth-order valence-corrected chi connectivity index (χ4v) is 1.65. The molecule has 2 amide bonds. The van der Waals surface area contributed by atoms with E-state index in [1.807, 2.05) is 0 Å². The number of halogens is 2. The Bertz CT molecular complexity index is 561. The number of carbonyl (C=O) groups is 1. The largest absolute Gasteiger partial charge is 0.324 e. The lowest BCUT2D eigenvalue weighted by Crippen LogP contribution is -2.20. The van der Waals surface area contributed by atoms with E-state index in [1.165, 1.54) is 0 Å². The Morgan fingerprint density at radius 1 is 1.06 bits per heavy atom. The maximum absolute atomic E-state index is 11.7. The third-order valence-electron chi connectivity index (χ3n) is 2.11. The maximum atomic E-state index is 11.7. The number of urea groups is 1. The van der Waals surface area contributed by atoms with Crippen LogP contribution in [0.5, 0.6) is 0 Å². The van der Waals surface area contributed by atoms with Crippen molar-refractivity contribution in [2.75, 3.05) is 10.6 Å². The molecule has 0 spiro atoms. The van der Waals surface area contributed by atoms with Gasteiger partial charge in [-0.05, 0) is 24.3 Å². The molecule has 0 unspecified atom stereocenters. The van der Waals surface area contributed by atoms with Gasteiger partial charge in [0.2, 0.25) is 0 Å². The lowest BCUT2D eigenvalue weighted by Gasteiger charge is -2.08. The number of rotatable bonds is 2. The van der Waals surface area contributed by atoms with Crippen molar-refractivity contribution in [1.29, 1.82) is 0 Å². The third-order valence-corrected chi connectivity index (χ3v) is 2.93. The smallest absolute Gasteiger partial charge is 0.306 e. The predicted octanol–water partition coefficient (Wildman–Crippen LogP) is 4.03. The van der Waals surface area contributed by atoms with Crippen LogP contribution in [0.4, 0.5) is 16.3 Å². The molecule has 92 valence electrons. The Balaban J connectivity index is 2.06. The molecule has 0 aliphatic rings. The number of anilines is 2. The number of nitrogens with zero attached hydrogens (tertiary/aromatic N) is 1. The van der Waals surface area contributed by atoms with E-state index in [-0.39, 0.29) is 0 Å². The highest BCUT2D eigenvalue weighted by atomic mass is 35.5. The van der Waals surface area contributed by atoms with Crippen molar-refractivity contribution in [2.24, 2.45) is 0 Å². The summed E-state index contributed by atoms with van der Waals surface area (Å²) in [6, 6.07) is 9.78. The molecule has 4 nitrogen and oxygen atoms in total. The first kappa shape index (κ1) is 12.7. The SMILES string of the molecule is O=C(Nc1ccccn1)Nc1cccc(Cl)c1Cl. The van der Waals surface area contributed by atoms with Gasteiger partial charge in [-0.25, -0.2) is 9.78 Å². The Morgan fingerprint density at radius 2 is 1.89 bits per heavy atom. The number of hydrogen-bond donors (Lipinski definition) is 2. The van der Waals surface area contributed by atoms with Crippen LogP contribution in [0, 0.1) is 0 Å². The molecule has 2 aromatic rings. The molecule has 0 fully saturated rings. The first-order chi connectivity index (χ1) is 8.66. The average Bonchev–Trinajstić information content (AvgIpc) is 2.36. The molecule has 6 heteroatoms. The van der Waals surface area contributed by atoms with Crippen LogP contribution in [0.1, 0.15) is 0 Å². The van der Waals surface area contributed by atoms with E-state index >= 15 is 0 Å². The molecule has 0 aliphatic carbocycles. The van der Waals surface area contributed by atoms with Gasteiger partial charge in [0.1, 0.15) is 5.82 Å². The van der Waals surface area contributed by atoms with Crippen LogP contribution in [0.15, 0.2) is 42.6 Å². The highest BCUT2D eigenvalue weighted by Gasteiger charge is 2.08. The van der Waals surface area contributed by atoms with Gasteiger partial charge in [-0.3, -0.25) is 5.32 Å². The van der Waals surface area contributed by atoms with E-state index in [2.05, 4.69) is 15.6 Å². The highest BCUT2D eigenvalue weighted by molar-refractivity contribution is 6.44. The summed E-state index contributed by atoms with van der Waals surface area (Å²) in [6.07, 6.45) is 1.59. The third kappa shape index (κ3) is 3.12. The Morgan fingerprint density at radius 3 is 2.61 bits per heavy atom. The topological polar surface area (TPSA) is 54.0 Å². The molecule has 0 radical (unpaired) electrons. The van der Waals surface area contributed by atoms with Crippen LogP contribution in [0.2, 0.25) is 10.0 Å². The molecule has 0 bridgehead atoms. The molecule has 18 heavy (non-hydrogen) atoms. The van der Waals surface area contributed by atoms with Gasteiger partial charge in [0, 0.05) is 6.20 Å². The molecule has 1 heterocycles. The van der Waals surface area contributed by atoms with Crippen LogP contribution in [0.3, 0.4) is 0 Å². The zero-order valence-electron chi connectivity index (χ0n) is 9.15. The van der Waals surface area contributed by atoms with Gasteiger partial charge in [-0.2, -0.15) is 0 Å². The Hall–Kier alpha value is -1.78. The molecule has 0 saturated heterocycles. The number of carbonyl (C=O) groups excluding carboxylic acids is 1. The monoisotopic (exact) mass is 281 g/mol. The molecule has 0 atom stereocenters. The molecule has 1 aromatic heterocycles. The zero-order valence-corrected chi connectivity index (χ0v) is 10.7. The molecular weight excluding hydrogens is 273 g/mol. The second kappa shape index (κ2) is 5.71. The van der Waals surface area contributed by atoms with Crippen LogP contribution >= 0.6 is 23.2 Å². The van der Waals surface area contributed by atoms with E-state index in [1.54, 1.807) is 42.6 Å². The molecule has 2 N–H and O–H groups in total. The molecule has 0 saturated carbocycles. The van der Waals surface area contributed by atoms with Gasteiger partial charge in [0.05, 0.1) is 15.7 Å². The van der Waals surface area contributed by atoms with Crippen LogP contribution in [-0.4, -0.2) is 11.0 Å². The van der Waals surface area contributed by atoms with E-state index in [9.17, 15) is 4.79 Å². The van der Waals surface area contributed by atoms with Gasteiger partial charge in [-0.15, -0.1) is 0 Å². The molecule has 1 aromatic carbocycles. The maximum Gasteiger partial charge on any atom is 0.324 e. The van der Waals surface area contributed by atoms with E-state index < -0.39 is 6.03 Å². The summed E-state index contributed by atoms with van der Waals surface area (Å²) >= 11 is 11.8. The molecule has 2 rings (SSSR count). The van der Waals surface area contributed by atoms with Crippen LogP contribution in [0.25, 0.3) is 0 Å². The van der Waals surface area contributed by atoms with Crippen molar-refractivity contribution in [2.45, 2.75) is 0 Å². The van der Waals surface area contributed by atoms with Gasteiger partial charge in [-0.1, -0.05) is 35.3 Å². The number of nitrogens with one attached hydrogen (secondary N) is 2. The minimum Gasteiger partial charge on any atom is -0.306 e. The average molecular weight is 282 g/mol. The summed E-state index contributed by atoms with van der Waals surface area (Å²) in [7, 11) is 0. The van der Waals surface area contributed by atoms with Crippen molar-refractivity contribution in [1.82, 2.24) is 4.98 Å². The fourth-order valence-electron chi connectivity index (χ4n) is 1.31. The summed E-state index contributed by atoms with van der Waals surface area (Å²) in [6.45, 7) is 0. The van der Waals surface area contributed by atoms with Gasteiger partial charge >= 0.3 is 6.03 Å². The van der Waals surface area contributed by atoms with Gasteiger partial charge in [0.25, 0.3) is 0 Å². The predicted molar refractivity (Wildman–Crippen MR) is 73.3 cm³/mol. The quantitative estimate of drug-likeness (QED) is 0.873. The van der Waals surface area contributed by atoms with Crippen LogP contribution in [-0.2, 0) is 0 Å². The number of amides is 2. The van der Waals surface area contributed by atoms with Gasteiger partial charge < -0.3 is 5.32 Å². The van der Waals surface area contributed by atoms with Crippen LogP contribution < -0.4 is 10.6 Å². The second-order valence-corrected chi connectivity index (χ2v) is 4.18. The van der Waals surface area contributed by atoms with Crippen molar-refractivity contribution >= 4 is 40.7 Å². The summed E-state index contributed by atoms with van der Waals surface area (Å²) in [4.78, 5) is 15.7. The van der Waals surface area contributed by atoms with E-state index in [0.29, 0.717) is 21.6 Å². The zero-order chi connectivity index (χ0) is 13.0. The number of hydrogen-bond acceptors (Lipinski definition) is 2. The lowest BCUT2D eigenvalue weighted by atomic mass is 10.3. The lowest BCUT2D eigenvalue weighted by molar-refractivity contribution is 0.262. The first-order valence-electron chi connectivity index (χ1n) is 5.10. The fraction of sp³-hybridized carbons (Fsp3) is 0. The highest BCUT2D eigenvalue weighted by Crippen LogP contribution is 2.29. The number of aromatic nitrogens is 1. The first-order valence-corrected chi connectivity index (χ1v) is 5.85. The van der Waals surface area contributed by atoms with Crippen molar-refractivity contribution < 1.29 is 4.79 Å². The summed E-state index contributed by atoms with van der Waals surface area (Å²) < 4.78 is 0. The minimum atomic E-state index is -0.433. The second-order valence-electron chi connectivity index (χ2n) is 3.40. The summed E-state index contributed by atoms with van der Waals surface area (Å²) in [5.74, 6) is 0.452.